The van der Waals surface area contributed by atoms with Crippen molar-refractivity contribution in [2.45, 2.75) is 51.2 Å². The number of carbonyl (C=O) groups is 1. The van der Waals surface area contributed by atoms with Crippen molar-refractivity contribution in [2.75, 3.05) is 6.54 Å². The molecule has 3 heteroatoms. The molecular formula is C16H23NO2. The van der Waals surface area contributed by atoms with Gasteiger partial charge in [-0.1, -0.05) is 30.3 Å². The third-order valence-electron chi connectivity index (χ3n) is 4.11. The van der Waals surface area contributed by atoms with Gasteiger partial charge in [0.1, 0.15) is 0 Å². The minimum atomic E-state index is -0.479. The van der Waals surface area contributed by atoms with Crippen molar-refractivity contribution >= 4 is 5.91 Å². The molecule has 1 aliphatic heterocycles. The van der Waals surface area contributed by atoms with Gasteiger partial charge in [-0.05, 0) is 37.7 Å². The van der Waals surface area contributed by atoms with Crippen LogP contribution < -0.4 is 0 Å². The van der Waals surface area contributed by atoms with E-state index in [0.717, 1.165) is 25.8 Å². The molecule has 1 saturated heterocycles. The molecule has 1 heterocycles. The van der Waals surface area contributed by atoms with E-state index in [4.69, 9.17) is 0 Å². The van der Waals surface area contributed by atoms with E-state index in [1.54, 1.807) is 13.8 Å². The van der Waals surface area contributed by atoms with Crippen LogP contribution in [0.1, 0.15) is 44.6 Å². The van der Waals surface area contributed by atoms with Gasteiger partial charge in [0.15, 0.2) is 0 Å². The monoisotopic (exact) mass is 261 g/mol. The van der Waals surface area contributed by atoms with Crippen LogP contribution in [-0.2, 0) is 4.79 Å². The van der Waals surface area contributed by atoms with Crippen LogP contribution in [0.15, 0.2) is 30.3 Å². The van der Waals surface area contributed by atoms with E-state index in [0.29, 0.717) is 5.92 Å². The van der Waals surface area contributed by atoms with E-state index < -0.39 is 6.10 Å². The molecule has 1 aromatic rings. The van der Waals surface area contributed by atoms with E-state index in [1.807, 2.05) is 11.0 Å². The van der Waals surface area contributed by atoms with Gasteiger partial charge in [0.25, 0.3) is 0 Å². The molecule has 3 unspecified atom stereocenters. The lowest BCUT2D eigenvalue weighted by Gasteiger charge is -2.32. The zero-order valence-corrected chi connectivity index (χ0v) is 11.7. The number of carbonyl (C=O) groups excluding carboxylic acids is 1. The third-order valence-corrected chi connectivity index (χ3v) is 4.11. The molecule has 0 spiro atoms. The summed E-state index contributed by atoms with van der Waals surface area (Å²) in [6, 6.07) is 10.4. The van der Waals surface area contributed by atoms with Crippen molar-refractivity contribution in [2.24, 2.45) is 0 Å². The van der Waals surface area contributed by atoms with Crippen LogP contribution in [0, 0.1) is 0 Å². The smallest absolute Gasteiger partial charge is 0.219 e. The fourth-order valence-corrected chi connectivity index (χ4v) is 3.09. The third kappa shape index (κ3) is 3.35. The highest BCUT2D eigenvalue weighted by molar-refractivity contribution is 5.73. The second-order valence-corrected chi connectivity index (χ2v) is 5.51. The summed E-state index contributed by atoms with van der Waals surface area (Å²) >= 11 is 0. The second-order valence-electron chi connectivity index (χ2n) is 5.51. The lowest BCUT2D eigenvalue weighted by molar-refractivity contribution is -0.133. The SMILES string of the molecule is CC(=O)N1CCCC(c2ccccc2)CC1C(C)O. The van der Waals surface area contributed by atoms with Crippen LogP contribution >= 0.6 is 0 Å². The van der Waals surface area contributed by atoms with Gasteiger partial charge in [-0.15, -0.1) is 0 Å². The molecule has 1 aliphatic rings. The molecule has 19 heavy (non-hydrogen) atoms. The highest BCUT2D eigenvalue weighted by Gasteiger charge is 2.31. The van der Waals surface area contributed by atoms with Gasteiger partial charge >= 0.3 is 0 Å². The lowest BCUT2D eigenvalue weighted by Crippen LogP contribution is -2.45. The van der Waals surface area contributed by atoms with Crippen molar-refractivity contribution in [1.29, 1.82) is 0 Å². The zero-order chi connectivity index (χ0) is 13.8. The minimum Gasteiger partial charge on any atom is -0.391 e. The lowest BCUT2D eigenvalue weighted by atomic mass is 9.88. The number of hydrogen-bond donors (Lipinski definition) is 1. The standard InChI is InChI=1S/C16H23NO2/c1-12(18)16-11-15(14-7-4-3-5-8-14)9-6-10-17(16)13(2)19/h3-5,7-8,12,15-16,18H,6,9-11H2,1-2H3. The molecule has 2 rings (SSSR count). The summed E-state index contributed by atoms with van der Waals surface area (Å²) in [6.45, 7) is 4.14. The molecule has 0 saturated carbocycles. The predicted octanol–water partition coefficient (Wildman–Crippen LogP) is 2.55. The van der Waals surface area contributed by atoms with Crippen molar-refractivity contribution in [3.63, 3.8) is 0 Å². The van der Waals surface area contributed by atoms with Gasteiger partial charge in [-0.2, -0.15) is 0 Å². The number of aliphatic hydroxyl groups is 1. The Kier molecular flexibility index (Phi) is 4.59. The number of nitrogens with zero attached hydrogens (tertiary/aromatic N) is 1. The van der Waals surface area contributed by atoms with Gasteiger partial charge in [0.05, 0.1) is 12.1 Å². The summed E-state index contributed by atoms with van der Waals surface area (Å²) in [5.74, 6) is 0.504. The Morgan fingerprint density at radius 2 is 2.05 bits per heavy atom. The average molecular weight is 261 g/mol. The van der Waals surface area contributed by atoms with Crippen LogP contribution in [0.25, 0.3) is 0 Å². The van der Waals surface area contributed by atoms with Crippen molar-refractivity contribution in [1.82, 2.24) is 4.90 Å². The number of likely N-dealkylation sites (tertiary alicyclic amines) is 1. The average Bonchev–Trinajstić information content (AvgIpc) is 2.62. The fourth-order valence-electron chi connectivity index (χ4n) is 3.09. The Labute approximate surface area is 115 Å². The van der Waals surface area contributed by atoms with Gasteiger partial charge < -0.3 is 10.0 Å². The highest BCUT2D eigenvalue weighted by Crippen LogP contribution is 2.32. The van der Waals surface area contributed by atoms with Gasteiger partial charge in [0, 0.05) is 13.5 Å². The first-order valence-corrected chi connectivity index (χ1v) is 7.10. The Bertz CT molecular complexity index is 416. The highest BCUT2D eigenvalue weighted by atomic mass is 16.3. The fraction of sp³-hybridized carbons (Fsp3) is 0.562. The van der Waals surface area contributed by atoms with Crippen molar-refractivity contribution in [3.8, 4) is 0 Å². The second kappa shape index (κ2) is 6.20. The van der Waals surface area contributed by atoms with Gasteiger partial charge in [-0.25, -0.2) is 0 Å². The van der Waals surface area contributed by atoms with Crippen molar-refractivity contribution < 1.29 is 9.90 Å². The Morgan fingerprint density at radius 1 is 1.37 bits per heavy atom. The van der Waals surface area contributed by atoms with Crippen LogP contribution in [0.5, 0.6) is 0 Å². The molecule has 1 fully saturated rings. The molecule has 3 nitrogen and oxygen atoms in total. The Balaban J connectivity index is 2.20. The molecule has 1 aromatic carbocycles. The molecule has 104 valence electrons. The molecule has 0 radical (unpaired) electrons. The van der Waals surface area contributed by atoms with E-state index in [-0.39, 0.29) is 11.9 Å². The summed E-state index contributed by atoms with van der Waals surface area (Å²) in [7, 11) is 0. The molecular weight excluding hydrogens is 238 g/mol. The topological polar surface area (TPSA) is 40.5 Å². The molecule has 1 N–H and O–H groups in total. The summed E-state index contributed by atoms with van der Waals surface area (Å²) < 4.78 is 0. The van der Waals surface area contributed by atoms with E-state index in [9.17, 15) is 9.90 Å². The maximum absolute atomic E-state index is 11.7. The number of aliphatic hydroxyl groups excluding tert-OH is 1. The number of hydrogen-bond acceptors (Lipinski definition) is 2. The summed E-state index contributed by atoms with van der Waals surface area (Å²) in [5, 5.41) is 9.99. The van der Waals surface area contributed by atoms with Gasteiger partial charge in [0.2, 0.25) is 5.91 Å². The molecule has 0 aromatic heterocycles. The number of amides is 1. The zero-order valence-electron chi connectivity index (χ0n) is 11.7. The summed E-state index contributed by atoms with van der Waals surface area (Å²) in [5.41, 5.74) is 1.32. The number of rotatable bonds is 2. The predicted molar refractivity (Wildman–Crippen MR) is 75.9 cm³/mol. The van der Waals surface area contributed by atoms with E-state index in [2.05, 4.69) is 24.3 Å². The van der Waals surface area contributed by atoms with Gasteiger partial charge in [-0.3, -0.25) is 4.79 Å². The maximum Gasteiger partial charge on any atom is 0.219 e. The summed E-state index contributed by atoms with van der Waals surface area (Å²) in [4.78, 5) is 13.6. The molecule has 0 aliphatic carbocycles. The minimum absolute atomic E-state index is 0.0646. The van der Waals surface area contributed by atoms with E-state index >= 15 is 0 Å². The quantitative estimate of drug-likeness (QED) is 0.889. The van der Waals surface area contributed by atoms with Crippen LogP contribution in [-0.4, -0.2) is 34.6 Å². The van der Waals surface area contributed by atoms with Crippen LogP contribution in [0.2, 0.25) is 0 Å². The van der Waals surface area contributed by atoms with Crippen LogP contribution in [0.4, 0.5) is 0 Å². The Morgan fingerprint density at radius 3 is 2.63 bits per heavy atom. The Hall–Kier alpha value is -1.35. The maximum atomic E-state index is 11.7. The molecule has 0 bridgehead atoms. The van der Waals surface area contributed by atoms with Crippen molar-refractivity contribution in [3.05, 3.63) is 35.9 Å². The molecule has 1 amide bonds. The summed E-state index contributed by atoms with van der Waals surface area (Å²) in [6.07, 6.45) is 2.45. The first kappa shape index (κ1) is 14.1. The van der Waals surface area contributed by atoms with E-state index in [1.165, 1.54) is 5.56 Å². The first-order chi connectivity index (χ1) is 9.09. The molecule has 3 atom stereocenters. The largest absolute Gasteiger partial charge is 0.391 e. The van der Waals surface area contributed by atoms with Crippen LogP contribution in [0.3, 0.4) is 0 Å². The first-order valence-electron chi connectivity index (χ1n) is 7.10. The number of benzene rings is 1. The normalized spacial score (nSPS) is 25.7.